The van der Waals surface area contributed by atoms with Crippen LogP contribution in [0.25, 0.3) is 0 Å². The van der Waals surface area contributed by atoms with E-state index in [1.807, 2.05) is 0 Å². The average molecular weight is 329 g/mol. The topological polar surface area (TPSA) is 123 Å². The first-order valence-electron chi connectivity index (χ1n) is 6.87. The fraction of sp³-hybridized carbons (Fsp3) is 0.538. The number of carbonyl (C=O) groups excluding carboxylic acids is 1. The Balaban J connectivity index is 2.46. The molecule has 9 heteroatoms. The highest BCUT2D eigenvalue weighted by Gasteiger charge is 2.42. The summed E-state index contributed by atoms with van der Waals surface area (Å²) in [5.41, 5.74) is 5.24. The summed E-state index contributed by atoms with van der Waals surface area (Å²) >= 11 is 0. The molecule has 1 amide bonds. The molecule has 0 radical (unpaired) electrons. The van der Waals surface area contributed by atoms with Gasteiger partial charge in [-0.3, -0.25) is 9.59 Å². The lowest BCUT2D eigenvalue weighted by atomic mass is 9.93. The minimum absolute atomic E-state index is 0.0514. The molecule has 2 atom stereocenters. The summed E-state index contributed by atoms with van der Waals surface area (Å²) in [6.45, 7) is 1.87. The molecule has 0 aliphatic carbocycles. The van der Waals surface area contributed by atoms with Gasteiger partial charge in [-0.25, -0.2) is 8.42 Å². The highest BCUT2D eigenvalue weighted by atomic mass is 32.2. The van der Waals surface area contributed by atoms with Gasteiger partial charge in [0.2, 0.25) is 10.0 Å². The molecule has 2 heterocycles. The van der Waals surface area contributed by atoms with Gasteiger partial charge < -0.3 is 15.4 Å². The molecule has 8 nitrogen and oxygen atoms in total. The molecule has 0 bridgehead atoms. The first-order chi connectivity index (χ1) is 10.2. The van der Waals surface area contributed by atoms with E-state index in [1.165, 1.54) is 23.9 Å². The number of nitrogens with two attached hydrogens (primary N) is 1. The lowest BCUT2D eigenvalue weighted by Gasteiger charge is -2.35. The molecule has 122 valence electrons. The molecule has 2 rings (SSSR count). The third-order valence-corrected chi connectivity index (χ3v) is 5.83. The third-order valence-electron chi connectivity index (χ3n) is 3.98. The summed E-state index contributed by atoms with van der Waals surface area (Å²) in [5, 5.41) is 9.35. The van der Waals surface area contributed by atoms with E-state index < -0.39 is 27.9 Å². The molecule has 1 saturated heterocycles. The van der Waals surface area contributed by atoms with Crippen LogP contribution in [-0.4, -0.2) is 46.9 Å². The summed E-state index contributed by atoms with van der Waals surface area (Å²) in [5.74, 6) is -2.19. The van der Waals surface area contributed by atoms with E-state index in [9.17, 15) is 23.1 Å². The van der Waals surface area contributed by atoms with Crippen LogP contribution in [0, 0.1) is 5.92 Å². The molecule has 2 unspecified atom stereocenters. The molecular formula is C13H19N3O5S. The number of carbonyl (C=O) groups is 2. The smallest absolute Gasteiger partial charge is 0.322 e. The number of carboxylic acids is 1. The molecule has 0 spiro atoms. The van der Waals surface area contributed by atoms with Crippen molar-refractivity contribution < 1.29 is 23.1 Å². The number of rotatable bonds is 4. The van der Waals surface area contributed by atoms with Crippen molar-refractivity contribution in [1.29, 1.82) is 0 Å². The number of piperidine rings is 1. The maximum Gasteiger partial charge on any atom is 0.322 e. The Morgan fingerprint density at radius 2 is 2.05 bits per heavy atom. The highest BCUT2D eigenvalue weighted by molar-refractivity contribution is 7.89. The number of primary amides is 1. The van der Waals surface area contributed by atoms with Gasteiger partial charge in [-0.15, -0.1) is 0 Å². The standard InChI is InChI=1S/C13H19N3O5S/c1-8-4-3-5-16(11(8)13(18)19)22(20,21)9-6-10(12(14)17)15(2)7-9/h6-8,11H,3-5H2,1-2H3,(H2,14,17)(H,18,19). The molecule has 22 heavy (non-hydrogen) atoms. The Kier molecular flexibility index (Phi) is 4.30. The zero-order valence-electron chi connectivity index (χ0n) is 12.4. The molecule has 3 N–H and O–H groups in total. The monoisotopic (exact) mass is 329 g/mol. The number of aliphatic carboxylic acids is 1. The van der Waals surface area contributed by atoms with Crippen LogP contribution in [0.3, 0.4) is 0 Å². The molecule has 1 aliphatic rings. The first kappa shape index (κ1) is 16.5. The van der Waals surface area contributed by atoms with E-state index in [2.05, 4.69) is 0 Å². The van der Waals surface area contributed by atoms with Crippen molar-refractivity contribution in [2.24, 2.45) is 18.7 Å². The Hall–Kier alpha value is -1.87. The van der Waals surface area contributed by atoms with Crippen molar-refractivity contribution in [1.82, 2.24) is 8.87 Å². The fourth-order valence-corrected chi connectivity index (χ4v) is 4.63. The second-order valence-corrected chi connectivity index (χ2v) is 7.45. The predicted molar refractivity (Wildman–Crippen MR) is 77.6 cm³/mol. The zero-order valence-corrected chi connectivity index (χ0v) is 13.2. The van der Waals surface area contributed by atoms with Gasteiger partial charge in [0.15, 0.2) is 0 Å². The second-order valence-electron chi connectivity index (χ2n) is 5.55. The number of aryl methyl sites for hydroxylation is 1. The Morgan fingerprint density at radius 3 is 2.55 bits per heavy atom. The summed E-state index contributed by atoms with van der Waals surface area (Å²) in [7, 11) is -2.49. The maximum atomic E-state index is 12.7. The molecule has 0 aromatic carbocycles. The Bertz CT molecular complexity index is 709. The minimum Gasteiger partial charge on any atom is -0.480 e. The first-order valence-corrected chi connectivity index (χ1v) is 8.31. The van der Waals surface area contributed by atoms with Crippen LogP contribution in [0.5, 0.6) is 0 Å². The maximum absolute atomic E-state index is 12.7. The van der Waals surface area contributed by atoms with Gasteiger partial charge in [-0.2, -0.15) is 4.31 Å². The second kappa shape index (κ2) is 5.73. The zero-order chi connectivity index (χ0) is 16.7. The molecule has 0 saturated carbocycles. The number of amides is 1. The number of carboxylic acid groups (broad SMARTS) is 1. The fourth-order valence-electron chi connectivity index (χ4n) is 2.84. The van der Waals surface area contributed by atoms with Crippen molar-refractivity contribution >= 4 is 21.9 Å². The quantitative estimate of drug-likeness (QED) is 0.805. The number of hydrogen-bond donors (Lipinski definition) is 2. The molecule has 1 aromatic heterocycles. The summed E-state index contributed by atoms with van der Waals surface area (Å²) < 4.78 is 27.8. The highest BCUT2D eigenvalue weighted by Crippen LogP contribution is 2.29. The van der Waals surface area contributed by atoms with Gasteiger partial charge in [-0.05, 0) is 24.8 Å². The number of sulfonamides is 1. The average Bonchev–Trinajstić information content (AvgIpc) is 2.81. The largest absolute Gasteiger partial charge is 0.480 e. The lowest BCUT2D eigenvalue weighted by molar-refractivity contribution is -0.144. The number of nitrogens with zero attached hydrogens (tertiary/aromatic N) is 2. The van der Waals surface area contributed by atoms with Gasteiger partial charge in [0.1, 0.15) is 16.6 Å². The van der Waals surface area contributed by atoms with Gasteiger partial charge in [-0.1, -0.05) is 6.92 Å². The van der Waals surface area contributed by atoms with Crippen LogP contribution >= 0.6 is 0 Å². The van der Waals surface area contributed by atoms with E-state index in [-0.39, 0.29) is 23.1 Å². The van der Waals surface area contributed by atoms with Crippen molar-refractivity contribution in [3.8, 4) is 0 Å². The van der Waals surface area contributed by atoms with E-state index >= 15 is 0 Å². The van der Waals surface area contributed by atoms with Crippen molar-refractivity contribution in [3.63, 3.8) is 0 Å². The summed E-state index contributed by atoms with van der Waals surface area (Å²) in [4.78, 5) is 22.6. The third kappa shape index (κ3) is 2.73. The van der Waals surface area contributed by atoms with E-state index in [1.54, 1.807) is 6.92 Å². The van der Waals surface area contributed by atoms with E-state index in [0.29, 0.717) is 12.8 Å². The van der Waals surface area contributed by atoms with Crippen LogP contribution < -0.4 is 5.73 Å². The normalized spacial score (nSPS) is 23.4. The van der Waals surface area contributed by atoms with E-state index in [4.69, 9.17) is 5.73 Å². The van der Waals surface area contributed by atoms with Gasteiger partial charge in [0.25, 0.3) is 5.91 Å². The Labute approximate surface area is 128 Å². The van der Waals surface area contributed by atoms with Crippen LogP contribution in [0.2, 0.25) is 0 Å². The summed E-state index contributed by atoms with van der Waals surface area (Å²) in [6, 6.07) is 0.0755. The molecule has 1 aliphatic heterocycles. The van der Waals surface area contributed by atoms with Gasteiger partial charge in [0, 0.05) is 19.8 Å². The molecular weight excluding hydrogens is 310 g/mol. The van der Waals surface area contributed by atoms with Gasteiger partial charge in [0.05, 0.1) is 0 Å². The molecule has 1 aromatic rings. The number of hydrogen-bond acceptors (Lipinski definition) is 4. The van der Waals surface area contributed by atoms with Crippen LogP contribution in [-0.2, 0) is 21.9 Å². The van der Waals surface area contributed by atoms with Crippen molar-refractivity contribution in [3.05, 3.63) is 18.0 Å². The summed E-state index contributed by atoms with van der Waals surface area (Å²) in [6.07, 6.45) is 2.53. The predicted octanol–water partition coefficient (Wildman–Crippen LogP) is -0.00220. The SMILES string of the molecule is CC1CCCN(S(=O)(=O)c2cc(C(N)=O)n(C)c2)C1C(=O)O. The van der Waals surface area contributed by atoms with E-state index in [0.717, 1.165) is 4.31 Å². The van der Waals surface area contributed by atoms with Crippen LogP contribution in [0.15, 0.2) is 17.2 Å². The van der Waals surface area contributed by atoms with Crippen molar-refractivity contribution in [2.75, 3.05) is 6.54 Å². The Morgan fingerprint density at radius 1 is 1.41 bits per heavy atom. The van der Waals surface area contributed by atoms with Gasteiger partial charge >= 0.3 is 5.97 Å². The number of aromatic nitrogens is 1. The van der Waals surface area contributed by atoms with Crippen molar-refractivity contribution in [2.45, 2.75) is 30.7 Å². The lowest BCUT2D eigenvalue weighted by Crippen LogP contribution is -2.51. The van der Waals surface area contributed by atoms with Crippen LogP contribution in [0.4, 0.5) is 0 Å². The molecule has 1 fully saturated rings. The van der Waals surface area contributed by atoms with Crippen LogP contribution in [0.1, 0.15) is 30.3 Å². The minimum atomic E-state index is -4.00.